The Bertz CT molecular complexity index is 942. The van der Waals surface area contributed by atoms with Crippen LogP contribution in [0.25, 0.3) is 0 Å². The van der Waals surface area contributed by atoms with E-state index in [0.29, 0.717) is 35.9 Å². The molecular formula is C20H17FN4OS. The van der Waals surface area contributed by atoms with E-state index in [9.17, 15) is 14.4 Å². The lowest BCUT2D eigenvalue weighted by Gasteiger charge is -2.37. The van der Waals surface area contributed by atoms with Crippen LogP contribution in [0.5, 0.6) is 0 Å². The molecule has 0 spiro atoms. The quantitative estimate of drug-likeness (QED) is 0.814. The van der Waals surface area contributed by atoms with Gasteiger partial charge in [-0.2, -0.15) is 5.26 Å². The van der Waals surface area contributed by atoms with Gasteiger partial charge in [-0.1, -0.05) is 48.2 Å². The second-order valence-corrected chi connectivity index (χ2v) is 7.93. The maximum atomic E-state index is 14.7. The Balaban J connectivity index is 1.65. The van der Waals surface area contributed by atoms with Crippen molar-refractivity contribution in [2.45, 2.75) is 4.75 Å². The number of nitriles is 1. The average molecular weight is 380 g/mol. The molecular weight excluding hydrogens is 363 g/mol. The van der Waals surface area contributed by atoms with Gasteiger partial charge in [-0.05, 0) is 18.2 Å². The van der Waals surface area contributed by atoms with Crippen LogP contribution >= 0.6 is 11.8 Å². The summed E-state index contributed by atoms with van der Waals surface area (Å²) in [7, 11) is 0. The topological polar surface area (TPSA) is 68.5 Å². The number of fused-ring (bicyclic) bond motifs is 1. The highest BCUT2D eigenvalue weighted by Crippen LogP contribution is 2.51. The van der Waals surface area contributed by atoms with E-state index in [1.165, 1.54) is 17.8 Å². The van der Waals surface area contributed by atoms with Crippen LogP contribution in [-0.2, 0) is 4.75 Å². The van der Waals surface area contributed by atoms with Crippen LogP contribution in [0.3, 0.4) is 0 Å². The van der Waals surface area contributed by atoms with Gasteiger partial charge in [0.15, 0.2) is 11.4 Å². The zero-order valence-electron chi connectivity index (χ0n) is 14.4. The third-order valence-electron chi connectivity index (χ3n) is 4.99. The Labute approximate surface area is 160 Å². The molecule has 0 unspecified atom stereocenters. The van der Waals surface area contributed by atoms with E-state index in [-0.39, 0.29) is 17.6 Å². The number of halogens is 1. The van der Waals surface area contributed by atoms with E-state index in [4.69, 9.17) is 0 Å². The highest BCUT2D eigenvalue weighted by molar-refractivity contribution is 8.14. The molecule has 2 aromatic rings. The van der Waals surface area contributed by atoms with E-state index < -0.39 is 4.75 Å². The molecule has 2 aliphatic rings. The number of rotatable bonds is 2. The van der Waals surface area contributed by atoms with Crippen molar-refractivity contribution in [1.82, 2.24) is 10.2 Å². The highest BCUT2D eigenvalue weighted by atomic mass is 32.2. The van der Waals surface area contributed by atoms with Crippen molar-refractivity contribution in [3.63, 3.8) is 0 Å². The number of amidine groups is 1. The van der Waals surface area contributed by atoms with E-state index in [2.05, 4.69) is 16.5 Å². The van der Waals surface area contributed by atoms with Crippen LogP contribution < -0.4 is 5.32 Å². The summed E-state index contributed by atoms with van der Waals surface area (Å²) in [4.78, 5) is 18.6. The second-order valence-electron chi connectivity index (χ2n) is 6.61. The number of amides is 1. The minimum atomic E-state index is -0.651. The fourth-order valence-electron chi connectivity index (χ4n) is 3.67. The Hall–Kier alpha value is -2.85. The fraction of sp³-hybridized carbons (Fsp3) is 0.250. The first-order valence-electron chi connectivity index (χ1n) is 8.62. The Morgan fingerprint density at radius 3 is 2.74 bits per heavy atom. The summed E-state index contributed by atoms with van der Waals surface area (Å²) >= 11 is 1.34. The smallest absolute Gasteiger partial charge is 0.257 e. The first kappa shape index (κ1) is 17.6. The van der Waals surface area contributed by atoms with Gasteiger partial charge in [0.05, 0.1) is 4.75 Å². The normalized spacial score (nSPS) is 23.9. The molecule has 0 saturated carbocycles. The maximum absolute atomic E-state index is 14.7. The first-order valence-corrected chi connectivity index (χ1v) is 9.43. The molecule has 1 fully saturated rings. The van der Waals surface area contributed by atoms with E-state index in [1.54, 1.807) is 47.4 Å². The third kappa shape index (κ3) is 3.17. The zero-order chi connectivity index (χ0) is 18.9. The second kappa shape index (κ2) is 7.05. The van der Waals surface area contributed by atoms with Gasteiger partial charge in [-0.3, -0.25) is 9.79 Å². The lowest BCUT2D eigenvalue weighted by Crippen LogP contribution is -2.42. The Kier molecular flexibility index (Phi) is 4.58. The van der Waals surface area contributed by atoms with Crippen molar-refractivity contribution in [1.29, 1.82) is 5.26 Å². The van der Waals surface area contributed by atoms with E-state index >= 15 is 0 Å². The molecule has 27 heavy (non-hydrogen) atoms. The van der Waals surface area contributed by atoms with Gasteiger partial charge >= 0.3 is 0 Å². The number of hydrogen-bond acceptors (Lipinski definition) is 5. The molecule has 5 nitrogen and oxygen atoms in total. The molecule has 2 heterocycles. The summed E-state index contributed by atoms with van der Waals surface area (Å²) in [6.07, 6.45) is 2.18. The summed E-state index contributed by atoms with van der Waals surface area (Å²) in [5.74, 6) is -0.555. The van der Waals surface area contributed by atoms with Gasteiger partial charge < -0.3 is 10.2 Å². The minimum Gasteiger partial charge on any atom is -0.308 e. The summed E-state index contributed by atoms with van der Waals surface area (Å²) in [6.45, 7) is 1.35. The van der Waals surface area contributed by atoms with Crippen LogP contribution in [0.4, 0.5) is 4.39 Å². The number of nitrogens with zero attached hydrogens (tertiary/aromatic N) is 3. The zero-order valence-corrected chi connectivity index (χ0v) is 15.2. The number of carbonyl (C=O) groups is 1. The lowest BCUT2D eigenvalue weighted by molar-refractivity contribution is 0.0977. The van der Waals surface area contributed by atoms with E-state index in [1.807, 2.05) is 6.07 Å². The molecule has 1 amide bonds. The number of carbonyl (C=O) groups excluding carboxylic acids is 1. The number of thioether (sulfide) groups is 1. The molecule has 7 heteroatoms. The molecule has 0 aliphatic carbocycles. The Morgan fingerprint density at radius 1 is 1.26 bits per heavy atom. The highest BCUT2D eigenvalue weighted by Gasteiger charge is 2.52. The summed E-state index contributed by atoms with van der Waals surface area (Å²) in [5.41, 5.74) is 1.09. The van der Waals surface area contributed by atoms with Gasteiger partial charge in [0.25, 0.3) is 5.91 Å². The third-order valence-corrected chi connectivity index (χ3v) is 6.46. The standard InChI is InChI=1S/C20H17FN4OS/c21-17-9-5-4-8-16(17)20-12-25(13-22)11-15(20)10-23-19(27-20)24-18(26)14-6-2-1-3-7-14/h1-9,15H,10-12H2,(H,23,24,26)/t15-,20-/m0/s1. The van der Waals surface area contributed by atoms with Gasteiger partial charge in [0, 0.05) is 36.7 Å². The van der Waals surface area contributed by atoms with Crippen molar-refractivity contribution >= 4 is 22.8 Å². The van der Waals surface area contributed by atoms with Crippen LogP contribution in [0.15, 0.2) is 59.6 Å². The summed E-state index contributed by atoms with van der Waals surface area (Å²) in [5, 5.41) is 12.7. The largest absolute Gasteiger partial charge is 0.308 e. The molecule has 0 aromatic heterocycles. The Morgan fingerprint density at radius 2 is 2.00 bits per heavy atom. The van der Waals surface area contributed by atoms with Crippen molar-refractivity contribution in [2.24, 2.45) is 10.9 Å². The summed E-state index contributed by atoms with van der Waals surface area (Å²) in [6, 6.07) is 15.5. The number of hydrogen-bond donors (Lipinski definition) is 1. The number of nitrogens with one attached hydrogen (secondary N) is 1. The van der Waals surface area contributed by atoms with Gasteiger partial charge in [-0.25, -0.2) is 4.39 Å². The van der Waals surface area contributed by atoms with Crippen molar-refractivity contribution in [3.05, 3.63) is 71.5 Å². The predicted octanol–water partition coefficient (Wildman–Crippen LogP) is 2.97. The molecule has 2 aliphatic heterocycles. The monoisotopic (exact) mass is 380 g/mol. The number of aliphatic imine (C=N–C) groups is 1. The predicted molar refractivity (Wildman–Crippen MR) is 103 cm³/mol. The molecule has 2 aromatic carbocycles. The lowest BCUT2D eigenvalue weighted by atomic mass is 9.87. The number of benzene rings is 2. The molecule has 4 rings (SSSR count). The average Bonchev–Trinajstić information content (AvgIpc) is 3.08. The van der Waals surface area contributed by atoms with Gasteiger partial charge in [0.2, 0.25) is 0 Å². The molecule has 0 radical (unpaired) electrons. The van der Waals surface area contributed by atoms with Crippen molar-refractivity contribution < 1.29 is 9.18 Å². The van der Waals surface area contributed by atoms with E-state index in [0.717, 1.165) is 0 Å². The van der Waals surface area contributed by atoms with Crippen LogP contribution in [0.2, 0.25) is 0 Å². The molecule has 136 valence electrons. The summed E-state index contributed by atoms with van der Waals surface area (Å²) < 4.78 is 14.0. The fourth-order valence-corrected chi connectivity index (χ4v) is 5.11. The van der Waals surface area contributed by atoms with Crippen molar-refractivity contribution in [3.8, 4) is 6.19 Å². The minimum absolute atomic E-state index is 0.00331. The maximum Gasteiger partial charge on any atom is 0.257 e. The molecule has 2 atom stereocenters. The van der Waals surface area contributed by atoms with Crippen LogP contribution in [0, 0.1) is 23.2 Å². The molecule has 0 bridgehead atoms. The van der Waals surface area contributed by atoms with Gasteiger partial charge in [-0.15, -0.1) is 0 Å². The van der Waals surface area contributed by atoms with Crippen molar-refractivity contribution in [2.75, 3.05) is 19.6 Å². The van der Waals surface area contributed by atoms with Crippen LogP contribution in [0.1, 0.15) is 15.9 Å². The molecule has 1 N–H and O–H groups in total. The SMILES string of the molecule is N#CN1C[C@@H]2CN=C(NC(=O)c3ccccc3)S[C@@]2(c2ccccc2F)C1. The van der Waals surface area contributed by atoms with Crippen LogP contribution in [-0.4, -0.2) is 35.6 Å². The number of likely N-dealkylation sites (tertiary alicyclic amines) is 1. The molecule has 1 saturated heterocycles. The first-order chi connectivity index (χ1) is 13.1. The van der Waals surface area contributed by atoms with Gasteiger partial charge in [0.1, 0.15) is 5.82 Å².